The monoisotopic (exact) mass is 395 g/mol. The Balaban J connectivity index is 1.77. The van der Waals surface area contributed by atoms with Gasteiger partial charge in [0.1, 0.15) is 18.0 Å². The summed E-state index contributed by atoms with van der Waals surface area (Å²) >= 11 is 5.87. The fraction of sp³-hybridized carbons (Fsp3) is 0.0500. The summed E-state index contributed by atoms with van der Waals surface area (Å²) in [6.07, 6.45) is 3.15. The van der Waals surface area contributed by atoms with Gasteiger partial charge in [0.25, 0.3) is 0 Å². The van der Waals surface area contributed by atoms with Crippen molar-refractivity contribution in [2.75, 3.05) is 18.2 Å². The minimum atomic E-state index is -0.480. The maximum Gasteiger partial charge on any atom is 0.236 e. The van der Waals surface area contributed by atoms with Gasteiger partial charge >= 0.3 is 0 Å². The molecule has 0 saturated heterocycles. The Labute approximate surface area is 165 Å². The van der Waals surface area contributed by atoms with Crippen molar-refractivity contribution in [1.29, 1.82) is 0 Å². The van der Waals surface area contributed by atoms with Crippen LogP contribution in [0.5, 0.6) is 5.88 Å². The Morgan fingerprint density at radius 1 is 1.04 bits per heavy atom. The number of nitrogens with two attached hydrogens (primary N) is 1. The van der Waals surface area contributed by atoms with Gasteiger partial charge in [-0.15, -0.1) is 0 Å². The van der Waals surface area contributed by atoms with Crippen LogP contribution in [-0.4, -0.2) is 22.1 Å². The number of aromatic nitrogens is 3. The quantitative estimate of drug-likeness (QED) is 0.515. The summed E-state index contributed by atoms with van der Waals surface area (Å²) < 4.78 is 18.5. The highest BCUT2D eigenvalue weighted by atomic mass is 35.5. The Bertz CT molecular complexity index is 1180. The van der Waals surface area contributed by atoms with E-state index in [4.69, 9.17) is 22.1 Å². The number of nitrogens with one attached hydrogen (secondary N) is 1. The number of methoxy groups -OCH3 is 1. The summed E-state index contributed by atoms with van der Waals surface area (Å²) in [5.41, 5.74) is 9.52. The lowest BCUT2D eigenvalue weighted by Crippen LogP contribution is -1.97. The van der Waals surface area contributed by atoms with E-state index in [-0.39, 0.29) is 5.02 Å². The molecule has 8 heteroatoms. The molecule has 0 atom stereocenters. The molecule has 0 spiro atoms. The molecular weight excluding hydrogens is 381 g/mol. The fourth-order valence-corrected chi connectivity index (χ4v) is 3.02. The predicted molar refractivity (Wildman–Crippen MR) is 108 cm³/mol. The van der Waals surface area contributed by atoms with Gasteiger partial charge in [-0.2, -0.15) is 0 Å². The van der Waals surface area contributed by atoms with E-state index in [1.54, 1.807) is 18.3 Å². The van der Waals surface area contributed by atoms with Crippen LogP contribution in [0.25, 0.3) is 22.0 Å². The van der Waals surface area contributed by atoms with Crippen LogP contribution in [0, 0.1) is 5.82 Å². The summed E-state index contributed by atoms with van der Waals surface area (Å²) in [7, 11) is 1.52. The molecule has 0 saturated carbocycles. The second-order valence-electron chi connectivity index (χ2n) is 6.03. The second-order valence-corrected chi connectivity index (χ2v) is 6.44. The molecule has 2 aromatic carbocycles. The van der Waals surface area contributed by atoms with Crippen LogP contribution in [0.1, 0.15) is 0 Å². The molecule has 0 fully saturated rings. The number of halogens is 2. The van der Waals surface area contributed by atoms with Gasteiger partial charge in [-0.1, -0.05) is 17.7 Å². The summed E-state index contributed by atoms with van der Waals surface area (Å²) in [4.78, 5) is 12.8. The average molecular weight is 396 g/mol. The molecular formula is C20H15ClFN5O. The van der Waals surface area contributed by atoms with Crippen LogP contribution >= 0.6 is 11.6 Å². The molecule has 0 amide bonds. The number of fused-ring (bicyclic) bond motifs is 1. The van der Waals surface area contributed by atoms with E-state index in [9.17, 15) is 4.39 Å². The minimum absolute atomic E-state index is 0.0313. The van der Waals surface area contributed by atoms with Crippen molar-refractivity contribution in [2.45, 2.75) is 0 Å². The van der Waals surface area contributed by atoms with Crippen molar-refractivity contribution >= 4 is 39.7 Å². The number of nitrogens with zero attached hydrogens (tertiary/aromatic N) is 3. The number of nitrogen functional groups attached to an aromatic ring is 1. The fourth-order valence-electron chi connectivity index (χ4n) is 2.84. The summed E-state index contributed by atoms with van der Waals surface area (Å²) in [5, 5.41) is 3.98. The van der Waals surface area contributed by atoms with E-state index in [2.05, 4.69) is 20.3 Å². The first-order valence-corrected chi connectivity index (χ1v) is 8.69. The van der Waals surface area contributed by atoms with Gasteiger partial charge in [0.2, 0.25) is 5.88 Å². The molecule has 0 unspecified atom stereocenters. The van der Waals surface area contributed by atoms with Crippen LogP contribution in [-0.2, 0) is 0 Å². The highest BCUT2D eigenvalue weighted by molar-refractivity contribution is 6.31. The summed E-state index contributed by atoms with van der Waals surface area (Å²) in [6.45, 7) is 0. The van der Waals surface area contributed by atoms with Gasteiger partial charge in [0.05, 0.1) is 23.3 Å². The van der Waals surface area contributed by atoms with Gasteiger partial charge < -0.3 is 15.8 Å². The van der Waals surface area contributed by atoms with Crippen LogP contribution in [0.15, 0.2) is 55.0 Å². The molecule has 3 N–H and O–H groups in total. The third-order valence-corrected chi connectivity index (χ3v) is 4.51. The molecule has 2 heterocycles. The third kappa shape index (κ3) is 3.39. The number of anilines is 3. The van der Waals surface area contributed by atoms with E-state index in [0.29, 0.717) is 23.1 Å². The smallest absolute Gasteiger partial charge is 0.236 e. The van der Waals surface area contributed by atoms with Crippen LogP contribution in [0.2, 0.25) is 5.02 Å². The number of hydrogen-bond acceptors (Lipinski definition) is 6. The first-order chi connectivity index (χ1) is 13.5. The van der Waals surface area contributed by atoms with Gasteiger partial charge in [-0.3, -0.25) is 0 Å². The molecule has 28 heavy (non-hydrogen) atoms. The zero-order chi connectivity index (χ0) is 19.7. The topological polar surface area (TPSA) is 86.0 Å². The number of pyridine rings is 1. The van der Waals surface area contributed by atoms with Crippen molar-refractivity contribution in [1.82, 2.24) is 15.0 Å². The number of rotatable bonds is 4. The molecule has 4 aromatic rings. The highest BCUT2D eigenvalue weighted by Gasteiger charge is 2.10. The molecule has 0 aliphatic rings. The minimum Gasteiger partial charge on any atom is -0.480 e. The molecule has 0 aliphatic carbocycles. The number of benzene rings is 2. The lowest BCUT2D eigenvalue weighted by molar-refractivity contribution is 0.400. The summed E-state index contributed by atoms with van der Waals surface area (Å²) in [5.74, 6) is 0.471. The predicted octanol–water partition coefficient (Wildman–Crippen LogP) is 4.82. The molecule has 0 bridgehead atoms. The number of hydrogen-bond donors (Lipinski definition) is 2. The maximum absolute atomic E-state index is 13.4. The first kappa shape index (κ1) is 17.9. The van der Waals surface area contributed by atoms with Crippen molar-refractivity contribution in [3.8, 4) is 17.0 Å². The van der Waals surface area contributed by atoms with Crippen molar-refractivity contribution in [2.24, 2.45) is 0 Å². The molecule has 0 aliphatic heterocycles. The Morgan fingerprint density at radius 2 is 1.89 bits per heavy atom. The van der Waals surface area contributed by atoms with Crippen molar-refractivity contribution < 1.29 is 9.13 Å². The van der Waals surface area contributed by atoms with Crippen LogP contribution < -0.4 is 15.8 Å². The van der Waals surface area contributed by atoms with E-state index in [1.165, 1.54) is 25.6 Å². The lowest BCUT2D eigenvalue weighted by Gasteiger charge is -2.11. The van der Waals surface area contributed by atoms with Crippen LogP contribution in [0.4, 0.5) is 21.6 Å². The standard InChI is InChI=1S/C20H15ClFN5O/c1-28-20-17(23)7-12(9-24-20)11-2-5-18-14(6-11)19(26-10-25-18)27-13-3-4-16(22)15(21)8-13/h2-10H,23H2,1H3,(H,25,26,27). The third-order valence-electron chi connectivity index (χ3n) is 4.22. The van der Waals surface area contributed by atoms with E-state index >= 15 is 0 Å². The van der Waals surface area contributed by atoms with Gasteiger partial charge in [-0.25, -0.2) is 19.3 Å². The van der Waals surface area contributed by atoms with E-state index < -0.39 is 5.82 Å². The molecule has 140 valence electrons. The first-order valence-electron chi connectivity index (χ1n) is 8.32. The zero-order valence-corrected chi connectivity index (χ0v) is 15.5. The van der Waals surface area contributed by atoms with Gasteiger partial charge in [0.15, 0.2) is 0 Å². The Morgan fingerprint density at radius 3 is 2.64 bits per heavy atom. The maximum atomic E-state index is 13.4. The normalized spacial score (nSPS) is 10.8. The second kappa shape index (κ2) is 7.28. The van der Waals surface area contributed by atoms with E-state index in [1.807, 2.05) is 18.2 Å². The SMILES string of the molecule is COc1ncc(-c2ccc3ncnc(Nc4ccc(F)c(Cl)c4)c3c2)cc1N. The highest BCUT2D eigenvalue weighted by Crippen LogP contribution is 2.31. The lowest BCUT2D eigenvalue weighted by atomic mass is 10.0. The van der Waals surface area contributed by atoms with Crippen LogP contribution in [0.3, 0.4) is 0 Å². The van der Waals surface area contributed by atoms with Gasteiger partial charge in [-0.05, 0) is 42.0 Å². The average Bonchev–Trinajstić information content (AvgIpc) is 2.70. The largest absolute Gasteiger partial charge is 0.480 e. The number of ether oxygens (including phenoxy) is 1. The Kier molecular flexibility index (Phi) is 4.67. The van der Waals surface area contributed by atoms with Crippen molar-refractivity contribution in [3.05, 3.63) is 65.8 Å². The van der Waals surface area contributed by atoms with Crippen molar-refractivity contribution in [3.63, 3.8) is 0 Å². The molecule has 6 nitrogen and oxygen atoms in total. The van der Waals surface area contributed by atoms with E-state index in [0.717, 1.165) is 22.0 Å². The Hall–Kier alpha value is -3.45. The van der Waals surface area contributed by atoms with Gasteiger partial charge in [0, 0.05) is 22.8 Å². The summed E-state index contributed by atoms with van der Waals surface area (Å²) in [6, 6.07) is 11.9. The molecule has 2 aromatic heterocycles. The molecule has 0 radical (unpaired) electrons. The zero-order valence-electron chi connectivity index (χ0n) is 14.8. The molecule has 4 rings (SSSR count).